The molecular formula is C13H25N3O2. The summed E-state index contributed by atoms with van der Waals surface area (Å²) in [5.41, 5.74) is 6.01. The number of nitrogens with zero attached hydrogens (tertiary/aromatic N) is 2. The summed E-state index contributed by atoms with van der Waals surface area (Å²) in [4.78, 5) is 15.5. The lowest BCUT2D eigenvalue weighted by Gasteiger charge is -2.41. The molecule has 1 aliphatic heterocycles. The molecule has 5 heteroatoms. The van der Waals surface area contributed by atoms with Gasteiger partial charge in [0.25, 0.3) is 0 Å². The first-order valence-electron chi connectivity index (χ1n) is 7.03. The highest BCUT2D eigenvalue weighted by atomic mass is 16.3. The average Bonchev–Trinajstić information content (AvgIpc) is 2.53. The molecule has 0 radical (unpaired) electrons. The largest absolute Gasteiger partial charge is 0.390 e. The van der Waals surface area contributed by atoms with Crippen LogP contribution < -0.4 is 5.73 Å². The molecule has 2 fully saturated rings. The summed E-state index contributed by atoms with van der Waals surface area (Å²) in [7, 11) is 0. The van der Waals surface area contributed by atoms with Crippen molar-refractivity contribution in [2.45, 2.75) is 50.8 Å². The van der Waals surface area contributed by atoms with Gasteiger partial charge in [-0.3, -0.25) is 9.69 Å². The van der Waals surface area contributed by atoms with Gasteiger partial charge in [0.1, 0.15) is 0 Å². The summed E-state index contributed by atoms with van der Waals surface area (Å²) < 4.78 is 0. The van der Waals surface area contributed by atoms with E-state index >= 15 is 0 Å². The van der Waals surface area contributed by atoms with Crippen LogP contribution in [0.5, 0.6) is 0 Å². The van der Waals surface area contributed by atoms with Crippen LogP contribution in [0.3, 0.4) is 0 Å². The maximum Gasteiger partial charge on any atom is 0.219 e. The number of carbonyl (C=O) groups is 1. The highest BCUT2D eigenvalue weighted by molar-refractivity contribution is 5.73. The van der Waals surface area contributed by atoms with Gasteiger partial charge >= 0.3 is 0 Å². The molecule has 2 aliphatic rings. The number of hydrogen-bond donors (Lipinski definition) is 2. The van der Waals surface area contributed by atoms with Crippen molar-refractivity contribution in [3.05, 3.63) is 0 Å². The fourth-order valence-corrected chi connectivity index (χ4v) is 3.13. The van der Waals surface area contributed by atoms with Gasteiger partial charge in [0.15, 0.2) is 0 Å². The summed E-state index contributed by atoms with van der Waals surface area (Å²) in [6.07, 6.45) is 3.78. The van der Waals surface area contributed by atoms with Crippen LogP contribution in [0.15, 0.2) is 0 Å². The molecule has 3 N–H and O–H groups in total. The van der Waals surface area contributed by atoms with E-state index in [1.807, 2.05) is 4.90 Å². The van der Waals surface area contributed by atoms with Gasteiger partial charge in [-0.05, 0) is 12.8 Å². The Morgan fingerprint density at radius 1 is 1.17 bits per heavy atom. The van der Waals surface area contributed by atoms with Gasteiger partial charge in [-0.15, -0.1) is 0 Å². The topological polar surface area (TPSA) is 69.8 Å². The Balaban J connectivity index is 1.93. The van der Waals surface area contributed by atoms with E-state index in [4.69, 9.17) is 5.73 Å². The third-order valence-electron chi connectivity index (χ3n) is 4.35. The normalized spacial score (nSPS) is 35.3. The van der Waals surface area contributed by atoms with Crippen molar-refractivity contribution < 1.29 is 9.90 Å². The Morgan fingerprint density at radius 2 is 1.78 bits per heavy atom. The molecule has 104 valence electrons. The third-order valence-corrected chi connectivity index (χ3v) is 4.35. The van der Waals surface area contributed by atoms with E-state index in [1.54, 1.807) is 6.92 Å². The van der Waals surface area contributed by atoms with E-state index in [1.165, 1.54) is 0 Å². The first-order chi connectivity index (χ1) is 8.59. The molecule has 2 rings (SSSR count). The SMILES string of the molecule is CC(=O)N1CCN([C@@H]2CCCC[C@@H](N)[C@H]2O)CC1. The highest BCUT2D eigenvalue weighted by Crippen LogP contribution is 2.23. The number of hydrogen-bond acceptors (Lipinski definition) is 4. The predicted octanol–water partition coefficient (Wildman–Crippen LogP) is -0.219. The molecule has 0 aromatic heterocycles. The molecule has 0 unspecified atom stereocenters. The second kappa shape index (κ2) is 5.99. The van der Waals surface area contributed by atoms with Gasteiger partial charge in [-0.1, -0.05) is 12.8 Å². The van der Waals surface area contributed by atoms with Crippen LogP contribution in [-0.4, -0.2) is 65.2 Å². The number of carbonyl (C=O) groups excluding carboxylic acids is 1. The van der Waals surface area contributed by atoms with Crippen LogP contribution in [0.25, 0.3) is 0 Å². The molecule has 1 amide bonds. The fraction of sp³-hybridized carbons (Fsp3) is 0.923. The van der Waals surface area contributed by atoms with E-state index in [2.05, 4.69) is 4.90 Å². The molecular weight excluding hydrogens is 230 g/mol. The summed E-state index contributed by atoms with van der Waals surface area (Å²) in [5.74, 6) is 0.146. The second-order valence-electron chi connectivity index (χ2n) is 5.55. The van der Waals surface area contributed by atoms with Crippen molar-refractivity contribution in [3.8, 4) is 0 Å². The van der Waals surface area contributed by atoms with Gasteiger partial charge in [0.05, 0.1) is 6.10 Å². The lowest BCUT2D eigenvalue weighted by molar-refractivity contribution is -0.131. The summed E-state index contributed by atoms with van der Waals surface area (Å²) >= 11 is 0. The molecule has 0 bridgehead atoms. The fourth-order valence-electron chi connectivity index (χ4n) is 3.13. The predicted molar refractivity (Wildman–Crippen MR) is 70.1 cm³/mol. The number of aliphatic hydroxyl groups is 1. The van der Waals surface area contributed by atoms with Gasteiger partial charge in [0.2, 0.25) is 5.91 Å². The molecule has 0 spiro atoms. The maximum atomic E-state index is 11.3. The van der Waals surface area contributed by atoms with Crippen molar-refractivity contribution in [1.29, 1.82) is 0 Å². The zero-order valence-corrected chi connectivity index (χ0v) is 11.2. The Bertz CT molecular complexity index is 290. The summed E-state index contributed by atoms with van der Waals surface area (Å²) in [6.45, 7) is 4.87. The van der Waals surface area contributed by atoms with Crippen LogP contribution in [0, 0.1) is 0 Å². The smallest absolute Gasteiger partial charge is 0.219 e. The molecule has 1 aliphatic carbocycles. The van der Waals surface area contributed by atoms with E-state index in [0.717, 1.165) is 51.9 Å². The molecule has 18 heavy (non-hydrogen) atoms. The zero-order valence-electron chi connectivity index (χ0n) is 11.2. The molecule has 1 saturated heterocycles. The molecule has 1 saturated carbocycles. The van der Waals surface area contributed by atoms with E-state index in [-0.39, 0.29) is 18.0 Å². The van der Waals surface area contributed by atoms with Crippen molar-refractivity contribution >= 4 is 5.91 Å². The Hall–Kier alpha value is -0.650. The van der Waals surface area contributed by atoms with E-state index in [9.17, 15) is 9.90 Å². The van der Waals surface area contributed by atoms with Crippen molar-refractivity contribution in [3.63, 3.8) is 0 Å². The third kappa shape index (κ3) is 3.02. The van der Waals surface area contributed by atoms with Crippen LogP contribution in [0.1, 0.15) is 32.6 Å². The quantitative estimate of drug-likeness (QED) is 0.636. The van der Waals surface area contributed by atoms with E-state index in [0.29, 0.717) is 0 Å². The van der Waals surface area contributed by atoms with E-state index < -0.39 is 6.10 Å². The molecule has 0 aromatic rings. The lowest BCUT2D eigenvalue weighted by atomic mass is 10.00. The summed E-state index contributed by atoms with van der Waals surface area (Å²) in [6, 6.07) is 0.0833. The van der Waals surface area contributed by atoms with Crippen molar-refractivity contribution in [2.75, 3.05) is 26.2 Å². The van der Waals surface area contributed by atoms with Crippen LogP contribution >= 0.6 is 0 Å². The van der Waals surface area contributed by atoms with Gasteiger partial charge in [-0.25, -0.2) is 0 Å². The van der Waals surface area contributed by atoms with Crippen molar-refractivity contribution in [1.82, 2.24) is 9.80 Å². The number of amides is 1. The molecule has 5 nitrogen and oxygen atoms in total. The number of nitrogens with two attached hydrogens (primary N) is 1. The molecule has 0 aromatic carbocycles. The van der Waals surface area contributed by atoms with Gasteiger partial charge in [-0.2, -0.15) is 0 Å². The Labute approximate surface area is 109 Å². The van der Waals surface area contributed by atoms with Gasteiger partial charge in [0, 0.05) is 45.2 Å². The van der Waals surface area contributed by atoms with Crippen LogP contribution in [0.2, 0.25) is 0 Å². The maximum absolute atomic E-state index is 11.3. The number of aliphatic hydroxyl groups excluding tert-OH is 1. The molecule has 3 atom stereocenters. The monoisotopic (exact) mass is 255 g/mol. The zero-order chi connectivity index (χ0) is 13.1. The molecule has 1 heterocycles. The first kappa shape index (κ1) is 13.8. The van der Waals surface area contributed by atoms with Crippen molar-refractivity contribution in [2.24, 2.45) is 5.73 Å². The summed E-state index contributed by atoms with van der Waals surface area (Å²) in [5, 5.41) is 10.3. The van der Waals surface area contributed by atoms with Gasteiger partial charge < -0.3 is 15.7 Å². The second-order valence-corrected chi connectivity index (χ2v) is 5.55. The minimum absolute atomic E-state index is 0.0941. The minimum atomic E-state index is -0.420. The number of rotatable bonds is 1. The standard InChI is InChI=1S/C13H25N3O2/c1-10(17)15-6-8-16(9-7-15)12-5-3-2-4-11(14)13(12)18/h11-13,18H,2-9,14H2,1H3/t11-,12-,13-/m1/s1. The highest BCUT2D eigenvalue weighted by Gasteiger charge is 2.33. The minimum Gasteiger partial charge on any atom is -0.390 e. The first-order valence-corrected chi connectivity index (χ1v) is 7.03. The number of piperazine rings is 1. The van der Waals surface area contributed by atoms with Crippen LogP contribution in [-0.2, 0) is 4.79 Å². The Kier molecular flexibility index (Phi) is 4.59. The van der Waals surface area contributed by atoms with Crippen LogP contribution in [0.4, 0.5) is 0 Å². The average molecular weight is 255 g/mol. The lowest BCUT2D eigenvalue weighted by Crippen LogP contribution is -2.57. The Morgan fingerprint density at radius 3 is 2.39 bits per heavy atom.